The average molecular weight is 295 g/mol. The van der Waals surface area contributed by atoms with Crippen LogP contribution in [0.2, 0.25) is 0 Å². The van der Waals surface area contributed by atoms with E-state index in [-0.39, 0.29) is 29.3 Å². The molecule has 2 aromatic rings. The molecule has 2 aromatic heterocycles. The highest BCUT2D eigenvalue weighted by Crippen LogP contribution is 2.26. The van der Waals surface area contributed by atoms with Gasteiger partial charge in [0.2, 0.25) is 5.91 Å². The highest BCUT2D eigenvalue weighted by Gasteiger charge is 2.18. The van der Waals surface area contributed by atoms with Crippen molar-refractivity contribution in [3.63, 3.8) is 0 Å². The van der Waals surface area contributed by atoms with E-state index in [1.54, 1.807) is 6.92 Å². The Balaban J connectivity index is 2.48. The Kier molecular flexibility index (Phi) is 3.84. The van der Waals surface area contributed by atoms with Crippen molar-refractivity contribution in [2.24, 2.45) is 0 Å². The molecule has 0 saturated carbocycles. The lowest BCUT2D eigenvalue weighted by atomic mass is 10.2. The predicted octanol–water partition coefficient (Wildman–Crippen LogP) is 0.601. The first-order valence-corrected chi connectivity index (χ1v) is 6.69. The molecule has 0 aromatic carbocycles. The van der Waals surface area contributed by atoms with Gasteiger partial charge in [-0.25, -0.2) is 9.78 Å². The summed E-state index contributed by atoms with van der Waals surface area (Å²) in [6.45, 7) is 1.80. The highest BCUT2D eigenvalue weighted by molar-refractivity contribution is 7.20. The lowest BCUT2D eigenvalue weighted by Crippen LogP contribution is -2.25. The second kappa shape index (κ2) is 5.41. The molecular weight excluding hydrogens is 282 g/mol. The van der Waals surface area contributed by atoms with Gasteiger partial charge < -0.3 is 10.4 Å². The van der Waals surface area contributed by atoms with Gasteiger partial charge in [0.25, 0.3) is 5.56 Å². The number of hydrogen-bond donors (Lipinski definition) is 2. The van der Waals surface area contributed by atoms with Crippen LogP contribution in [0.4, 0.5) is 0 Å². The molecule has 0 spiro atoms. The number of thiophene rings is 1. The fraction of sp³-hybridized carbons (Fsp3) is 0.333. The number of nitrogens with zero attached hydrogens (tertiary/aromatic N) is 2. The fourth-order valence-corrected chi connectivity index (χ4v) is 2.85. The second-order valence-corrected chi connectivity index (χ2v) is 5.21. The molecule has 0 radical (unpaired) electrons. The summed E-state index contributed by atoms with van der Waals surface area (Å²) in [4.78, 5) is 39.2. The Morgan fingerprint density at radius 1 is 1.50 bits per heavy atom. The summed E-state index contributed by atoms with van der Waals surface area (Å²) in [5.74, 6) is -1.24. The van der Waals surface area contributed by atoms with Crippen LogP contribution in [-0.2, 0) is 11.3 Å². The number of carboxylic acids is 1. The lowest BCUT2D eigenvalue weighted by Gasteiger charge is -2.04. The largest absolute Gasteiger partial charge is 0.477 e. The number of carboxylic acid groups (broad SMARTS) is 1. The smallest absolute Gasteiger partial charge is 0.346 e. The van der Waals surface area contributed by atoms with Crippen molar-refractivity contribution in [1.82, 2.24) is 14.9 Å². The van der Waals surface area contributed by atoms with Gasteiger partial charge in [0.1, 0.15) is 9.71 Å². The van der Waals surface area contributed by atoms with E-state index < -0.39 is 5.97 Å². The molecule has 0 aliphatic heterocycles. The van der Waals surface area contributed by atoms with E-state index in [9.17, 15) is 14.4 Å². The molecule has 2 heterocycles. The molecule has 7 nitrogen and oxygen atoms in total. The number of aromatic carboxylic acids is 1. The zero-order valence-corrected chi connectivity index (χ0v) is 11.8. The fourth-order valence-electron chi connectivity index (χ4n) is 1.87. The maximum Gasteiger partial charge on any atom is 0.346 e. The number of aryl methyl sites for hydroxylation is 2. The molecule has 106 valence electrons. The molecule has 0 saturated heterocycles. The monoisotopic (exact) mass is 295 g/mol. The van der Waals surface area contributed by atoms with Crippen LogP contribution in [0.1, 0.15) is 21.7 Å². The number of carbonyl (C=O) groups is 2. The van der Waals surface area contributed by atoms with Crippen LogP contribution in [0.3, 0.4) is 0 Å². The normalized spacial score (nSPS) is 10.7. The van der Waals surface area contributed by atoms with E-state index in [4.69, 9.17) is 5.11 Å². The number of carbonyl (C=O) groups excluding carboxylic acids is 1. The molecule has 2 rings (SSSR count). The summed E-state index contributed by atoms with van der Waals surface area (Å²) >= 11 is 0.980. The molecule has 0 unspecified atom stereocenters. The Hall–Kier alpha value is -2.22. The third-order valence-electron chi connectivity index (χ3n) is 2.97. The van der Waals surface area contributed by atoms with Crippen LogP contribution in [0.5, 0.6) is 0 Å². The number of amides is 1. The molecule has 0 bridgehead atoms. The van der Waals surface area contributed by atoms with Gasteiger partial charge in [0, 0.05) is 20.0 Å². The number of aromatic nitrogens is 2. The van der Waals surface area contributed by atoms with E-state index in [0.717, 1.165) is 11.3 Å². The van der Waals surface area contributed by atoms with Crippen LogP contribution < -0.4 is 10.9 Å². The quantitative estimate of drug-likeness (QED) is 0.860. The van der Waals surface area contributed by atoms with E-state index in [1.807, 2.05) is 0 Å². The van der Waals surface area contributed by atoms with Gasteiger partial charge in [0.05, 0.1) is 11.7 Å². The van der Waals surface area contributed by atoms with Crippen LogP contribution in [0, 0.1) is 6.92 Å². The van der Waals surface area contributed by atoms with Crippen LogP contribution >= 0.6 is 11.3 Å². The number of fused-ring (bicyclic) bond motifs is 1. The second-order valence-electron chi connectivity index (χ2n) is 4.21. The Labute approximate surface area is 117 Å². The van der Waals surface area contributed by atoms with Gasteiger partial charge in [-0.05, 0) is 12.5 Å². The van der Waals surface area contributed by atoms with E-state index in [1.165, 1.54) is 17.9 Å². The molecule has 20 heavy (non-hydrogen) atoms. The van der Waals surface area contributed by atoms with Crippen LogP contribution in [0.15, 0.2) is 11.1 Å². The molecule has 2 N–H and O–H groups in total. The van der Waals surface area contributed by atoms with Crippen LogP contribution in [-0.4, -0.2) is 33.6 Å². The molecule has 0 fully saturated rings. The lowest BCUT2D eigenvalue weighted by molar-refractivity contribution is -0.120. The van der Waals surface area contributed by atoms with Gasteiger partial charge in [-0.1, -0.05) is 0 Å². The maximum atomic E-state index is 12.3. The molecule has 1 amide bonds. The third kappa shape index (κ3) is 2.42. The summed E-state index contributed by atoms with van der Waals surface area (Å²) < 4.78 is 1.32. The van der Waals surface area contributed by atoms with Gasteiger partial charge in [0.15, 0.2) is 0 Å². The zero-order chi connectivity index (χ0) is 14.9. The molecular formula is C12H13N3O4S. The first-order valence-electron chi connectivity index (χ1n) is 5.88. The first-order chi connectivity index (χ1) is 9.45. The van der Waals surface area contributed by atoms with Crippen molar-refractivity contribution in [2.45, 2.75) is 19.9 Å². The molecule has 0 aliphatic rings. The summed E-state index contributed by atoms with van der Waals surface area (Å²) in [5.41, 5.74) is 0.101. The number of nitrogens with one attached hydrogen (secondary N) is 1. The summed E-state index contributed by atoms with van der Waals surface area (Å²) in [6, 6.07) is 0. The SMILES string of the molecule is CNC(=O)CCn1cnc2sc(C(=O)O)c(C)c2c1=O. The maximum absolute atomic E-state index is 12.3. The van der Waals surface area contributed by atoms with Crippen molar-refractivity contribution in [3.05, 3.63) is 27.1 Å². The summed E-state index contributed by atoms with van der Waals surface area (Å²) in [5, 5.41) is 11.8. The minimum Gasteiger partial charge on any atom is -0.477 e. The van der Waals surface area contributed by atoms with Crippen molar-refractivity contribution in [3.8, 4) is 0 Å². The first kappa shape index (κ1) is 14.2. The summed E-state index contributed by atoms with van der Waals surface area (Å²) in [7, 11) is 1.52. The number of hydrogen-bond acceptors (Lipinski definition) is 5. The van der Waals surface area contributed by atoms with Gasteiger partial charge in [-0.2, -0.15) is 0 Å². The van der Waals surface area contributed by atoms with Crippen LogP contribution in [0.25, 0.3) is 10.2 Å². The molecule has 0 aliphatic carbocycles. The zero-order valence-electron chi connectivity index (χ0n) is 11.0. The Bertz CT molecular complexity index is 747. The van der Waals surface area contributed by atoms with E-state index in [2.05, 4.69) is 10.3 Å². The predicted molar refractivity (Wildman–Crippen MR) is 74.3 cm³/mol. The van der Waals surface area contributed by atoms with E-state index >= 15 is 0 Å². The van der Waals surface area contributed by atoms with Gasteiger partial charge in [-0.15, -0.1) is 11.3 Å². The average Bonchev–Trinajstić information content (AvgIpc) is 2.75. The molecule has 0 atom stereocenters. The Morgan fingerprint density at radius 3 is 2.80 bits per heavy atom. The van der Waals surface area contributed by atoms with Gasteiger partial charge >= 0.3 is 5.97 Å². The standard InChI is InChI=1S/C12H13N3O4S/c1-6-8-10(20-9(6)12(18)19)14-5-15(11(8)17)4-3-7(16)13-2/h5H,3-4H2,1-2H3,(H,13,16)(H,18,19). The minimum absolute atomic E-state index is 0.119. The topological polar surface area (TPSA) is 101 Å². The summed E-state index contributed by atoms with van der Waals surface area (Å²) in [6.07, 6.45) is 1.51. The van der Waals surface area contributed by atoms with Crippen molar-refractivity contribution >= 4 is 33.4 Å². The minimum atomic E-state index is -1.07. The molecule has 8 heteroatoms. The number of rotatable bonds is 4. The van der Waals surface area contributed by atoms with E-state index in [0.29, 0.717) is 15.8 Å². The van der Waals surface area contributed by atoms with Crippen molar-refractivity contribution < 1.29 is 14.7 Å². The third-order valence-corrected chi connectivity index (χ3v) is 4.16. The van der Waals surface area contributed by atoms with Crippen molar-refractivity contribution in [1.29, 1.82) is 0 Å². The van der Waals surface area contributed by atoms with Crippen molar-refractivity contribution in [2.75, 3.05) is 7.05 Å². The highest BCUT2D eigenvalue weighted by atomic mass is 32.1. The van der Waals surface area contributed by atoms with Gasteiger partial charge in [-0.3, -0.25) is 14.2 Å². The Morgan fingerprint density at radius 2 is 2.20 bits per heavy atom.